The Kier molecular flexibility index (Phi) is 3.70. The largest absolute Gasteiger partial charge is 0.465 e. The maximum absolute atomic E-state index is 12.4. The first-order valence-electron chi connectivity index (χ1n) is 7.64. The van der Waals surface area contributed by atoms with Crippen molar-refractivity contribution in [3.8, 4) is 0 Å². The van der Waals surface area contributed by atoms with Crippen molar-refractivity contribution in [3.05, 3.63) is 35.4 Å². The van der Waals surface area contributed by atoms with Crippen LogP contribution in [0.5, 0.6) is 0 Å². The summed E-state index contributed by atoms with van der Waals surface area (Å²) in [6, 6.07) is 8.59. The Bertz CT molecular complexity index is 569. The molecular formula is C17H21NO3. The third-order valence-corrected chi connectivity index (χ3v) is 4.83. The molecule has 0 spiro atoms. The lowest BCUT2D eigenvalue weighted by molar-refractivity contribution is -0.159. The molecule has 2 aliphatic rings. The Hall–Kier alpha value is -1.84. The van der Waals surface area contributed by atoms with Gasteiger partial charge in [-0.2, -0.15) is 0 Å². The molecule has 1 unspecified atom stereocenters. The minimum absolute atomic E-state index is 0.0888. The van der Waals surface area contributed by atoms with Crippen molar-refractivity contribution in [3.63, 3.8) is 0 Å². The molecule has 0 saturated carbocycles. The summed E-state index contributed by atoms with van der Waals surface area (Å²) in [5, 5.41) is 0. The molecule has 1 aliphatic heterocycles. The summed E-state index contributed by atoms with van der Waals surface area (Å²) in [4.78, 5) is 26.3. The van der Waals surface area contributed by atoms with Crippen molar-refractivity contribution >= 4 is 11.9 Å². The van der Waals surface area contributed by atoms with Crippen LogP contribution in [0.25, 0.3) is 0 Å². The first-order valence-corrected chi connectivity index (χ1v) is 7.64. The van der Waals surface area contributed by atoms with E-state index >= 15 is 0 Å². The van der Waals surface area contributed by atoms with E-state index in [2.05, 4.69) is 18.2 Å². The summed E-state index contributed by atoms with van der Waals surface area (Å²) in [7, 11) is 1.82. The molecule has 4 heteroatoms. The zero-order chi connectivity index (χ0) is 15.0. The van der Waals surface area contributed by atoms with Crippen LogP contribution >= 0.6 is 0 Å². The topological polar surface area (TPSA) is 46.6 Å². The molecule has 0 radical (unpaired) electrons. The van der Waals surface area contributed by atoms with Crippen LogP contribution in [-0.4, -0.2) is 36.5 Å². The van der Waals surface area contributed by atoms with Gasteiger partial charge in [0.25, 0.3) is 0 Å². The number of piperidine rings is 1. The first kappa shape index (κ1) is 14.1. The highest BCUT2D eigenvalue weighted by atomic mass is 16.5. The van der Waals surface area contributed by atoms with Crippen LogP contribution in [0.3, 0.4) is 0 Å². The smallest absolute Gasteiger partial charge is 0.318 e. The summed E-state index contributed by atoms with van der Waals surface area (Å²) in [5.74, 6) is -0.876. The lowest BCUT2D eigenvalue weighted by atomic mass is 9.71. The molecule has 1 amide bonds. The van der Waals surface area contributed by atoms with Crippen molar-refractivity contribution in [2.45, 2.75) is 38.1 Å². The van der Waals surface area contributed by atoms with Crippen molar-refractivity contribution in [2.24, 2.45) is 5.92 Å². The number of nitrogens with zero attached hydrogens (tertiary/aromatic N) is 1. The second-order valence-corrected chi connectivity index (χ2v) is 5.90. The highest BCUT2D eigenvalue weighted by Crippen LogP contribution is 2.42. The fourth-order valence-corrected chi connectivity index (χ4v) is 3.79. The van der Waals surface area contributed by atoms with Crippen molar-refractivity contribution in [1.29, 1.82) is 0 Å². The molecule has 1 fully saturated rings. The Labute approximate surface area is 125 Å². The summed E-state index contributed by atoms with van der Waals surface area (Å²) >= 11 is 0. The average molecular weight is 287 g/mol. The number of hydrogen-bond donors (Lipinski definition) is 0. The number of fused-ring (bicyclic) bond motifs is 3. The molecule has 1 heterocycles. The predicted molar refractivity (Wildman–Crippen MR) is 78.8 cm³/mol. The highest BCUT2D eigenvalue weighted by Gasteiger charge is 2.45. The highest BCUT2D eigenvalue weighted by molar-refractivity contribution is 5.98. The minimum Gasteiger partial charge on any atom is -0.465 e. The number of hydrogen-bond acceptors (Lipinski definition) is 3. The number of ether oxygens (including phenoxy) is 1. The molecule has 3 rings (SSSR count). The zero-order valence-electron chi connectivity index (χ0n) is 12.5. The lowest BCUT2D eigenvalue weighted by Crippen LogP contribution is -2.53. The van der Waals surface area contributed by atoms with Gasteiger partial charge in [-0.1, -0.05) is 24.3 Å². The van der Waals surface area contributed by atoms with Crippen LogP contribution in [0.15, 0.2) is 24.3 Å². The van der Waals surface area contributed by atoms with Gasteiger partial charge < -0.3 is 9.64 Å². The van der Waals surface area contributed by atoms with E-state index in [1.807, 2.05) is 13.1 Å². The van der Waals surface area contributed by atoms with Gasteiger partial charge in [0.15, 0.2) is 0 Å². The van der Waals surface area contributed by atoms with Crippen LogP contribution in [-0.2, 0) is 20.7 Å². The van der Waals surface area contributed by atoms with E-state index < -0.39 is 5.92 Å². The van der Waals surface area contributed by atoms with Crippen molar-refractivity contribution < 1.29 is 14.3 Å². The monoisotopic (exact) mass is 287 g/mol. The van der Waals surface area contributed by atoms with Gasteiger partial charge >= 0.3 is 5.97 Å². The molecule has 0 aromatic heterocycles. The average Bonchev–Trinajstić information content (AvgIpc) is 2.50. The third-order valence-electron chi connectivity index (χ3n) is 4.83. The Morgan fingerprint density at radius 2 is 2.14 bits per heavy atom. The normalized spacial score (nSPS) is 27.8. The summed E-state index contributed by atoms with van der Waals surface area (Å²) in [5.41, 5.74) is 2.64. The number of benzene rings is 1. The molecule has 1 aliphatic carbocycles. The number of likely N-dealkylation sites (tertiary alicyclic amines) is 1. The molecule has 0 bridgehead atoms. The van der Waals surface area contributed by atoms with Gasteiger partial charge in [0.05, 0.1) is 6.61 Å². The van der Waals surface area contributed by atoms with E-state index in [0.717, 1.165) is 12.8 Å². The van der Waals surface area contributed by atoms with E-state index in [9.17, 15) is 9.59 Å². The van der Waals surface area contributed by atoms with Crippen LogP contribution < -0.4 is 0 Å². The van der Waals surface area contributed by atoms with Gasteiger partial charge in [0.2, 0.25) is 5.91 Å². The fraction of sp³-hybridized carbons (Fsp3) is 0.529. The fourth-order valence-electron chi connectivity index (χ4n) is 3.79. The number of carbonyl (C=O) groups excluding carboxylic acids is 2. The van der Waals surface area contributed by atoms with E-state index in [1.54, 1.807) is 11.8 Å². The minimum atomic E-state index is -0.651. The molecule has 4 nitrogen and oxygen atoms in total. The molecule has 3 atom stereocenters. The van der Waals surface area contributed by atoms with Gasteiger partial charge in [0, 0.05) is 19.0 Å². The van der Waals surface area contributed by atoms with Crippen molar-refractivity contribution in [1.82, 2.24) is 4.90 Å². The first-order chi connectivity index (χ1) is 10.1. The van der Waals surface area contributed by atoms with Gasteiger partial charge in [-0.15, -0.1) is 0 Å². The number of likely N-dealkylation sites (N-methyl/N-ethyl adjacent to an activating group) is 1. The van der Waals surface area contributed by atoms with Gasteiger partial charge in [-0.05, 0) is 37.3 Å². The molecule has 1 aromatic rings. The second kappa shape index (κ2) is 5.51. The Morgan fingerprint density at radius 3 is 2.90 bits per heavy atom. The maximum atomic E-state index is 12.4. The summed E-state index contributed by atoms with van der Waals surface area (Å²) in [6.07, 6.45) is 2.54. The second-order valence-electron chi connectivity index (χ2n) is 5.90. The van der Waals surface area contributed by atoms with E-state index in [4.69, 9.17) is 4.74 Å². The number of amides is 1. The van der Waals surface area contributed by atoms with Crippen LogP contribution in [0.4, 0.5) is 0 Å². The molecule has 1 aromatic carbocycles. The number of esters is 1. The molecule has 0 N–H and O–H groups in total. The lowest BCUT2D eigenvalue weighted by Gasteiger charge is -2.45. The predicted octanol–water partition coefficient (Wildman–Crippen LogP) is 2.13. The van der Waals surface area contributed by atoms with Crippen LogP contribution in [0.2, 0.25) is 0 Å². The third kappa shape index (κ3) is 2.33. The molecule has 112 valence electrons. The maximum Gasteiger partial charge on any atom is 0.318 e. The Balaban J connectivity index is 1.93. The Morgan fingerprint density at radius 1 is 1.38 bits per heavy atom. The van der Waals surface area contributed by atoms with Crippen molar-refractivity contribution in [2.75, 3.05) is 13.7 Å². The molecule has 21 heavy (non-hydrogen) atoms. The van der Waals surface area contributed by atoms with Gasteiger partial charge in [-0.3, -0.25) is 9.59 Å². The number of carbonyl (C=O) groups is 2. The van der Waals surface area contributed by atoms with E-state index in [-0.39, 0.29) is 23.8 Å². The quantitative estimate of drug-likeness (QED) is 0.618. The SMILES string of the molecule is CCOC(=O)C1C[C@H]2c3ccccc3CC[C@H]2N(C)C1=O. The molecular weight excluding hydrogens is 266 g/mol. The van der Waals surface area contributed by atoms with Gasteiger partial charge in [-0.25, -0.2) is 0 Å². The zero-order valence-corrected chi connectivity index (χ0v) is 12.5. The standard InChI is InChI=1S/C17H21NO3/c1-3-21-17(20)14-10-13-12-7-5-4-6-11(12)8-9-15(13)18(2)16(14)19/h4-7,13-15H,3,8-10H2,1-2H3/t13-,14?,15+/m0/s1. The molecule has 1 saturated heterocycles. The van der Waals surface area contributed by atoms with E-state index in [0.29, 0.717) is 13.0 Å². The van der Waals surface area contributed by atoms with Crippen LogP contribution in [0.1, 0.15) is 36.8 Å². The number of rotatable bonds is 2. The van der Waals surface area contributed by atoms with Gasteiger partial charge in [0.1, 0.15) is 5.92 Å². The van der Waals surface area contributed by atoms with E-state index in [1.165, 1.54) is 11.1 Å². The summed E-state index contributed by atoms with van der Waals surface area (Å²) < 4.78 is 5.08. The summed E-state index contributed by atoms with van der Waals surface area (Å²) in [6.45, 7) is 2.09. The number of aryl methyl sites for hydroxylation is 1. The van der Waals surface area contributed by atoms with Crippen LogP contribution in [0, 0.1) is 5.92 Å².